The molecule has 0 radical (unpaired) electrons. The minimum atomic E-state index is -2.28. The monoisotopic (exact) mass is 384 g/mol. The van der Waals surface area contributed by atoms with Crippen LogP contribution in [0.25, 0.3) is 11.1 Å². The third-order valence-electron chi connectivity index (χ3n) is 6.39. The summed E-state index contributed by atoms with van der Waals surface area (Å²) in [6, 6.07) is 11.0. The molecule has 0 N–H and O–H groups in total. The first-order valence-corrected chi connectivity index (χ1v) is 11.8. The molecule has 27 heavy (non-hydrogen) atoms. The smallest absolute Gasteiger partial charge is 0.266 e. The van der Waals surface area contributed by atoms with Crippen LogP contribution in [-0.4, -0.2) is 0 Å². The van der Waals surface area contributed by atoms with Crippen LogP contribution in [0.4, 0.5) is 0 Å². The van der Waals surface area contributed by atoms with E-state index in [4.69, 9.17) is 4.52 Å². The molecule has 2 aromatic carbocycles. The molecule has 1 heterocycles. The summed E-state index contributed by atoms with van der Waals surface area (Å²) in [5.41, 5.74) is 6.04. The largest absolute Gasteiger partial charge is 0.441 e. The summed E-state index contributed by atoms with van der Waals surface area (Å²) in [7, 11) is -2.28. The van der Waals surface area contributed by atoms with Crippen LogP contribution < -0.4 is 9.83 Å². The minimum absolute atomic E-state index is 0.387. The molecular formula is C24H33O2P. The highest BCUT2D eigenvalue weighted by atomic mass is 31.1. The fourth-order valence-corrected chi connectivity index (χ4v) is 5.00. The lowest BCUT2D eigenvalue weighted by molar-refractivity contribution is 0.506. The van der Waals surface area contributed by atoms with Crippen LogP contribution in [0.2, 0.25) is 0 Å². The molecule has 146 valence electrons. The SMILES string of the molecule is CCC(C)c1cc2c(c(C(C)CC)c1)O[PH](=O)c1cc(C(C)CC)ccc1-2. The molecule has 4 unspecified atom stereocenters. The van der Waals surface area contributed by atoms with Gasteiger partial charge in [0.25, 0.3) is 8.03 Å². The van der Waals surface area contributed by atoms with Crippen LogP contribution >= 0.6 is 8.03 Å². The van der Waals surface area contributed by atoms with Crippen molar-refractivity contribution < 1.29 is 9.09 Å². The van der Waals surface area contributed by atoms with Crippen LogP contribution in [-0.2, 0) is 4.57 Å². The average molecular weight is 385 g/mol. The quantitative estimate of drug-likeness (QED) is 0.485. The van der Waals surface area contributed by atoms with Crippen molar-refractivity contribution in [3.63, 3.8) is 0 Å². The topological polar surface area (TPSA) is 26.3 Å². The predicted octanol–water partition coefficient (Wildman–Crippen LogP) is 7.39. The summed E-state index contributed by atoms with van der Waals surface area (Å²) in [4.78, 5) is 0. The zero-order valence-corrected chi connectivity index (χ0v) is 18.6. The van der Waals surface area contributed by atoms with Crippen molar-refractivity contribution in [3.8, 4) is 16.9 Å². The second-order valence-electron chi connectivity index (χ2n) is 8.11. The summed E-state index contributed by atoms with van der Waals surface area (Å²) < 4.78 is 19.1. The van der Waals surface area contributed by atoms with Gasteiger partial charge in [0, 0.05) is 5.56 Å². The third-order valence-corrected chi connectivity index (χ3v) is 7.64. The Hall–Kier alpha value is -1.53. The van der Waals surface area contributed by atoms with Gasteiger partial charge in [-0.1, -0.05) is 59.7 Å². The first-order valence-electron chi connectivity index (χ1n) is 10.4. The number of hydrogen-bond acceptors (Lipinski definition) is 2. The maximum Gasteiger partial charge on any atom is 0.266 e. The molecule has 1 aliphatic rings. The summed E-state index contributed by atoms with van der Waals surface area (Å²) in [6.45, 7) is 13.4. The van der Waals surface area contributed by atoms with Gasteiger partial charge in [0.15, 0.2) is 0 Å². The molecule has 0 saturated carbocycles. The van der Waals surface area contributed by atoms with Crippen molar-refractivity contribution in [2.24, 2.45) is 0 Å². The average Bonchev–Trinajstić information content (AvgIpc) is 2.71. The zero-order chi connectivity index (χ0) is 19.7. The van der Waals surface area contributed by atoms with Crippen LogP contribution in [0.15, 0.2) is 30.3 Å². The zero-order valence-electron chi connectivity index (χ0n) is 17.6. The fraction of sp³-hybridized carbons (Fsp3) is 0.500. The highest BCUT2D eigenvalue weighted by molar-refractivity contribution is 7.49. The van der Waals surface area contributed by atoms with Gasteiger partial charge in [0.1, 0.15) is 5.75 Å². The van der Waals surface area contributed by atoms with Gasteiger partial charge < -0.3 is 4.52 Å². The molecule has 0 fully saturated rings. The molecule has 0 aliphatic carbocycles. The Labute approximate surface area is 165 Å². The number of benzene rings is 2. The van der Waals surface area contributed by atoms with Crippen molar-refractivity contribution in [2.45, 2.75) is 78.6 Å². The Morgan fingerprint density at radius 1 is 0.815 bits per heavy atom. The summed E-state index contributed by atoms with van der Waals surface area (Å²) >= 11 is 0. The molecule has 0 saturated heterocycles. The third kappa shape index (κ3) is 3.74. The van der Waals surface area contributed by atoms with Crippen LogP contribution in [0.1, 0.15) is 95.2 Å². The lowest BCUT2D eigenvalue weighted by Gasteiger charge is -2.27. The van der Waals surface area contributed by atoms with Crippen LogP contribution in [0.5, 0.6) is 5.75 Å². The summed E-state index contributed by atoms with van der Waals surface area (Å²) in [5, 5.41) is 0.890. The molecule has 1 aliphatic heterocycles. The number of fused-ring (bicyclic) bond motifs is 3. The molecule has 0 amide bonds. The standard InChI is InChI=1S/C24H33O2P/c1-7-15(4)18-10-11-20-22-13-19(16(5)8-2)12-21(17(6)9-3)24(22)26-27(25)23(20)14-18/h10-17,27H,7-9H2,1-6H3. The van der Waals surface area contributed by atoms with E-state index >= 15 is 0 Å². The molecule has 2 nitrogen and oxygen atoms in total. The molecule has 3 heteroatoms. The van der Waals surface area contributed by atoms with E-state index in [9.17, 15) is 4.57 Å². The van der Waals surface area contributed by atoms with Gasteiger partial charge in [-0.3, -0.25) is 4.57 Å². The summed E-state index contributed by atoms with van der Waals surface area (Å²) in [5.74, 6) is 2.20. The van der Waals surface area contributed by atoms with E-state index in [1.807, 2.05) is 0 Å². The molecule has 0 bridgehead atoms. The van der Waals surface area contributed by atoms with Crippen molar-refractivity contribution in [2.75, 3.05) is 0 Å². The van der Waals surface area contributed by atoms with Crippen LogP contribution in [0, 0.1) is 0 Å². The lowest BCUT2D eigenvalue weighted by atomic mass is 9.86. The van der Waals surface area contributed by atoms with Crippen molar-refractivity contribution in [1.29, 1.82) is 0 Å². The van der Waals surface area contributed by atoms with E-state index in [1.54, 1.807) is 0 Å². The Balaban J connectivity index is 2.23. The van der Waals surface area contributed by atoms with Gasteiger partial charge in [-0.05, 0) is 71.4 Å². The minimum Gasteiger partial charge on any atom is -0.441 e. The van der Waals surface area contributed by atoms with E-state index < -0.39 is 8.03 Å². The predicted molar refractivity (Wildman–Crippen MR) is 117 cm³/mol. The maximum atomic E-state index is 13.0. The van der Waals surface area contributed by atoms with E-state index in [0.717, 1.165) is 41.4 Å². The Kier molecular flexibility index (Phi) is 6.16. The molecule has 2 aromatic rings. The number of hydrogen-bond donors (Lipinski definition) is 0. The van der Waals surface area contributed by atoms with Gasteiger partial charge >= 0.3 is 0 Å². The highest BCUT2D eigenvalue weighted by Crippen LogP contribution is 2.48. The van der Waals surface area contributed by atoms with Gasteiger partial charge in [-0.25, -0.2) is 0 Å². The molecule has 0 spiro atoms. The van der Waals surface area contributed by atoms with Crippen LogP contribution in [0.3, 0.4) is 0 Å². The highest BCUT2D eigenvalue weighted by Gasteiger charge is 2.28. The van der Waals surface area contributed by atoms with Gasteiger partial charge in [0.05, 0.1) is 5.30 Å². The second-order valence-corrected chi connectivity index (χ2v) is 9.43. The van der Waals surface area contributed by atoms with Crippen molar-refractivity contribution in [3.05, 3.63) is 47.0 Å². The number of rotatable bonds is 6. The first kappa shape index (κ1) is 20.2. The summed E-state index contributed by atoms with van der Waals surface area (Å²) in [6.07, 6.45) is 3.23. The molecule has 0 aromatic heterocycles. The van der Waals surface area contributed by atoms with Gasteiger partial charge in [0.2, 0.25) is 0 Å². The van der Waals surface area contributed by atoms with Crippen molar-refractivity contribution >= 4 is 13.3 Å². The molecule has 4 atom stereocenters. The van der Waals surface area contributed by atoms with Crippen molar-refractivity contribution in [1.82, 2.24) is 0 Å². The first-order chi connectivity index (χ1) is 12.9. The van der Waals surface area contributed by atoms with E-state index in [0.29, 0.717) is 17.8 Å². The van der Waals surface area contributed by atoms with E-state index in [-0.39, 0.29) is 0 Å². The molecular weight excluding hydrogens is 351 g/mol. The van der Waals surface area contributed by atoms with E-state index in [2.05, 4.69) is 71.9 Å². The fourth-order valence-electron chi connectivity index (χ4n) is 3.75. The maximum absolute atomic E-state index is 13.0. The van der Waals surface area contributed by atoms with Gasteiger partial charge in [-0.2, -0.15) is 0 Å². The normalized spacial score (nSPS) is 18.8. The van der Waals surface area contributed by atoms with E-state index in [1.165, 1.54) is 16.7 Å². The Morgan fingerprint density at radius 3 is 2.07 bits per heavy atom. The van der Waals surface area contributed by atoms with Gasteiger partial charge in [-0.15, -0.1) is 0 Å². The molecule has 3 rings (SSSR count). The Morgan fingerprint density at radius 2 is 1.44 bits per heavy atom. The Bertz CT molecular complexity index is 856. The lowest BCUT2D eigenvalue weighted by Crippen LogP contribution is -2.14. The second kappa shape index (κ2) is 8.23.